The van der Waals surface area contributed by atoms with E-state index in [0.717, 1.165) is 15.6 Å². The van der Waals surface area contributed by atoms with Crippen LogP contribution in [0.1, 0.15) is 21.5 Å². The molecule has 0 saturated heterocycles. The van der Waals surface area contributed by atoms with Gasteiger partial charge in [-0.1, -0.05) is 15.9 Å². The lowest BCUT2D eigenvalue weighted by atomic mass is 10.1. The number of benzene rings is 2. The van der Waals surface area contributed by atoms with Crippen LogP contribution in [0.4, 0.5) is 11.4 Å². The van der Waals surface area contributed by atoms with Gasteiger partial charge in [-0.2, -0.15) is 0 Å². The molecule has 0 aromatic heterocycles. The molecule has 1 aliphatic rings. The van der Waals surface area contributed by atoms with Crippen molar-refractivity contribution in [1.29, 1.82) is 0 Å². The normalized spacial score (nSPS) is 13.2. The standard InChI is InChI=1S/C20H22BrN3O4S/c1-13-10-16(21)5-6-17(13)22-19(25)12-23(2)20(26)15-4-7-18-14(11-15)8-9-24(18)29(3,27)28/h4-7,10-11H,8-9,12H2,1-3H3,(H,22,25). The van der Waals surface area contributed by atoms with Crippen molar-refractivity contribution in [2.45, 2.75) is 13.3 Å². The van der Waals surface area contributed by atoms with Gasteiger partial charge in [-0.05, 0) is 60.9 Å². The molecule has 0 saturated carbocycles. The predicted octanol–water partition coefficient (Wildman–Crippen LogP) is 2.79. The summed E-state index contributed by atoms with van der Waals surface area (Å²) in [6, 6.07) is 10.5. The van der Waals surface area contributed by atoms with Crippen LogP contribution >= 0.6 is 15.9 Å². The first-order chi connectivity index (χ1) is 13.6. The first-order valence-electron chi connectivity index (χ1n) is 8.98. The van der Waals surface area contributed by atoms with Gasteiger partial charge in [0, 0.05) is 29.3 Å². The van der Waals surface area contributed by atoms with Crippen LogP contribution in [0.2, 0.25) is 0 Å². The molecular formula is C20H22BrN3O4S. The number of halogens is 1. The third-order valence-electron chi connectivity index (χ3n) is 4.77. The highest BCUT2D eigenvalue weighted by Gasteiger charge is 2.27. The Morgan fingerprint density at radius 1 is 1.21 bits per heavy atom. The highest BCUT2D eigenvalue weighted by Crippen LogP contribution is 2.31. The van der Waals surface area contributed by atoms with E-state index in [-0.39, 0.29) is 18.4 Å². The molecule has 2 amide bonds. The Labute approximate surface area is 178 Å². The Balaban J connectivity index is 1.68. The summed E-state index contributed by atoms with van der Waals surface area (Å²) in [7, 11) is -1.77. The summed E-state index contributed by atoms with van der Waals surface area (Å²) >= 11 is 3.38. The van der Waals surface area contributed by atoms with Crippen molar-refractivity contribution in [3.8, 4) is 0 Å². The minimum Gasteiger partial charge on any atom is -0.332 e. The van der Waals surface area contributed by atoms with E-state index in [1.54, 1.807) is 31.3 Å². The van der Waals surface area contributed by atoms with Gasteiger partial charge in [-0.15, -0.1) is 0 Å². The van der Waals surface area contributed by atoms with Gasteiger partial charge in [0.2, 0.25) is 15.9 Å². The third-order valence-corrected chi connectivity index (χ3v) is 6.44. The van der Waals surface area contributed by atoms with E-state index in [1.807, 2.05) is 19.1 Å². The van der Waals surface area contributed by atoms with E-state index in [1.165, 1.54) is 15.5 Å². The summed E-state index contributed by atoms with van der Waals surface area (Å²) in [5.41, 5.74) is 3.45. The second-order valence-corrected chi connectivity index (χ2v) is 9.92. The molecule has 1 N–H and O–H groups in total. The van der Waals surface area contributed by atoms with Crippen LogP contribution < -0.4 is 9.62 Å². The van der Waals surface area contributed by atoms with E-state index in [9.17, 15) is 18.0 Å². The third kappa shape index (κ3) is 4.79. The number of rotatable bonds is 5. The van der Waals surface area contributed by atoms with E-state index < -0.39 is 10.0 Å². The van der Waals surface area contributed by atoms with Crippen LogP contribution in [0.15, 0.2) is 40.9 Å². The van der Waals surface area contributed by atoms with Gasteiger partial charge in [-0.25, -0.2) is 8.42 Å². The minimum absolute atomic E-state index is 0.0963. The number of carbonyl (C=O) groups is 2. The van der Waals surface area contributed by atoms with Gasteiger partial charge in [0.15, 0.2) is 0 Å². The molecule has 7 nitrogen and oxygen atoms in total. The first-order valence-corrected chi connectivity index (χ1v) is 11.6. The number of fused-ring (bicyclic) bond motifs is 1. The van der Waals surface area contributed by atoms with E-state index in [0.29, 0.717) is 29.9 Å². The molecule has 0 fully saturated rings. The number of sulfonamides is 1. The van der Waals surface area contributed by atoms with Crippen molar-refractivity contribution < 1.29 is 18.0 Å². The molecule has 1 heterocycles. The fourth-order valence-corrected chi connectivity index (χ4v) is 4.75. The van der Waals surface area contributed by atoms with Gasteiger partial charge in [-0.3, -0.25) is 13.9 Å². The molecular weight excluding hydrogens is 458 g/mol. The zero-order valence-electron chi connectivity index (χ0n) is 16.4. The average molecular weight is 480 g/mol. The van der Waals surface area contributed by atoms with E-state index in [2.05, 4.69) is 21.2 Å². The number of nitrogens with one attached hydrogen (secondary N) is 1. The molecule has 154 valence electrons. The van der Waals surface area contributed by atoms with Crippen molar-refractivity contribution in [2.75, 3.05) is 36.0 Å². The van der Waals surface area contributed by atoms with E-state index >= 15 is 0 Å². The number of hydrogen-bond donors (Lipinski definition) is 1. The van der Waals surface area contributed by atoms with E-state index in [4.69, 9.17) is 0 Å². The van der Waals surface area contributed by atoms with Crippen LogP contribution in [0.25, 0.3) is 0 Å². The SMILES string of the molecule is Cc1cc(Br)ccc1NC(=O)CN(C)C(=O)c1ccc2c(c1)CCN2S(C)(=O)=O. The van der Waals surface area contributed by atoms with Gasteiger partial charge in [0.25, 0.3) is 5.91 Å². The largest absolute Gasteiger partial charge is 0.332 e. The van der Waals surface area contributed by atoms with Crippen LogP contribution in [0.3, 0.4) is 0 Å². The predicted molar refractivity (Wildman–Crippen MR) is 117 cm³/mol. The number of hydrogen-bond acceptors (Lipinski definition) is 4. The fourth-order valence-electron chi connectivity index (χ4n) is 3.31. The van der Waals surface area contributed by atoms with Crippen LogP contribution in [-0.4, -0.2) is 51.5 Å². The summed E-state index contributed by atoms with van der Waals surface area (Å²) in [5.74, 6) is -0.594. The molecule has 0 unspecified atom stereocenters. The lowest BCUT2D eigenvalue weighted by Gasteiger charge is -2.19. The summed E-state index contributed by atoms with van der Waals surface area (Å²) in [5, 5.41) is 2.81. The zero-order chi connectivity index (χ0) is 21.3. The number of anilines is 2. The average Bonchev–Trinajstić information content (AvgIpc) is 3.06. The molecule has 29 heavy (non-hydrogen) atoms. The molecule has 0 atom stereocenters. The van der Waals surface area contributed by atoms with Crippen LogP contribution in [0, 0.1) is 6.92 Å². The Morgan fingerprint density at radius 3 is 2.59 bits per heavy atom. The maximum Gasteiger partial charge on any atom is 0.254 e. The minimum atomic E-state index is -3.34. The second kappa shape index (κ2) is 8.16. The monoisotopic (exact) mass is 479 g/mol. The zero-order valence-corrected chi connectivity index (χ0v) is 18.8. The molecule has 9 heteroatoms. The number of aryl methyl sites for hydroxylation is 1. The molecule has 1 aliphatic heterocycles. The molecule has 0 bridgehead atoms. The highest BCUT2D eigenvalue weighted by molar-refractivity contribution is 9.10. The van der Waals surface area contributed by atoms with Crippen LogP contribution in [-0.2, 0) is 21.2 Å². The smallest absolute Gasteiger partial charge is 0.254 e. The van der Waals surface area contributed by atoms with Crippen LogP contribution in [0.5, 0.6) is 0 Å². The molecule has 2 aromatic carbocycles. The molecule has 0 spiro atoms. The highest BCUT2D eigenvalue weighted by atomic mass is 79.9. The summed E-state index contributed by atoms with van der Waals surface area (Å²) in [6.45, 7) is 2.16. The fraction of sp³-hybridized carbons (Fsp3) is 0.300. The van der Waals surface area contributed by atoms with Crippen molar-refractivity contribution in [3.05, 3.63) is 57.6 Å². The molecule has 2 aromatic rings. The Bertz CT molecular complexity index is 1090. The second-order valence-electron chi connectivity index (χ2n) is 7.10. The summed E-state index contributed by atoms with van der Waals surface area (Å²) in [6.07, 6.45) is 1.72. The van der Waals surface area contributed by atoms with Gasteiger partial charge in [0.05, 0.1) is 18.5 Å². The maximum absolute atomic E-state index is 12.7. The number of amides is 2. The Hall–Kier alpha value is -2.39. The Morgan fingerprint density at radius 2 is 1.93 bits per heavy atom. The van der Waals surface area contributed by atoms with Gasteiger partial charge in [0.1, 0.15) is 0 Å². The van der Waals surface area contributed by atoms with Gasteiger partial charge < -0.3 is 10.2 Å². The lowest BCUT2D eigenvalue weighted by molar-refractivity contribution is -0.116. The first kappa shape index (κ1) is 21.3. The molecule has 0 radical (unpaired) electrons. The summed E-state index contributed by atoms with van der Waals surface area (Å²) in [4.78, 5) is 26.4. The number of likely N-dealkylation sites (N-methyl/N-ethyl adjacent to an activating group) is 1. The van der Waals surface area contributed by atoms with Gasteiger partial charge >= 0.3 is 0 Å². The summed E-state index contributed by atoms with van der Waals surface area (Å²) < 4.78 is 25.9. The molecule has 3 rings (SSSR count). The topological polar surface area (TPSA) is 86.8 Å². The lowest BCUT2D eigenvalue weighted by Crippen LogP contribution is -2.35. The van der Waals surface area contributed by atoms with Crippen molar-refractivity contribution >= 4 is 49.1 Å². The number of carbonyl (C=O) groups excluding carboxylic acids is 2. The van der Waals surface area contributed by atoms with Crippen molar-refractivity contribution in [1.82, 2.24) is 4.90 Å². The quantitative estimate of drug-likeness (QED) is 0.713. The number of nitrogens with zero attached hydrogens (tertiary/aromatic N) is 2. The Kier molecular flexibility index (Phi) is 6.00. The van der Waals surface area contributed by atoms with Crippen molar-refractivity contribution in [3.63, 3.8) is 0 Å². The maximum atomic E-state index is 12.7. The van der Waals surface area contributed by atoms with Crippen molar-refractivity contribution in [2.24, 2.45) is 0 Å². The molecule has 0 aliphatic carbocycles.